The molecular formula is C14H21NO2. The molecule has 0 saturated carbocycles. The van der Waals surface area contributed by atoms with Crippen LogP contribution in [0.1, 0.15) is 36.1 Å². The summed E-state index contributed by atoms with van der Waals surface area (Å²) in [6.07, 6.45) is 2.99. The van der Waals surface area contributed by atoms with E-state index in [9.17, 15) is 5.11 Å². The van der Waals surface area contributed by atoms with Crippen molar-refractivity contribution in [3.8, 4) is 0 Å². The lowest BCUT2D eigenvalue weighted by molar-refractivity contribution is 0.0924. The van der Waals surface area contributed by atoms with Gasteiger partial charge in [-0.05, 0) is 42.9 Å². The van der Waals surface area contributed by atoms with Crippen molar-refractivity contribution < 1.29 is 10.2 Å². The van der Waals surface area contributed by atoms with Crippen LogP contribution >= 0.6 is 0 Å². The van der Waals surface area contributed by atoms with E-state index < -0.39 is 6.10 Å². The minimum absolute atomic E-state index is 0.191. The predicted octanol–water partition coefficient (Wildman–Crippen LogP) is 1.18. The molecule has 1 aromatic carbocycles. The Balaban J connectivity index is 1.97. The van der Waals surface area contributed by atoms with Crippen molar-refractivity contribution in [2.24, 2.45) is 0 Å². The second-order valence-corrected chi connectivity index (χ2v) is 4.85. The van der Waals surface area contributed by atoms with Gasteiger partial charge < -0.3 is 15.5 Å². The van der Waals surface area contributed by atoms with Gasteiger partial charge in [0.05, 0.1) is 12.7 Å². The molecule has 1 aliphatic rings. The summed E-state index contributed by atoms with van der Waals surface area (Å²) in [5, 5.41) is 21.3. The summed E-state index contributed by atoms with van der Waals surface area (Å²) in [4.78, 5) is 0. The lowest BCUT2D eigenvalue weighted by atomic mass is 10.0. The van der Waals surface area contributed by atoms with Crippen LogP contribution in [0.15, 0.2) is 18.2 Å². The van der Waals surface area contributed by atoms with Crippen LogP contribution in [-0.4, -0.2) is 29.5 Å². The summed E-state index contributed by atoms with van der Waals surface area (Å²) in [5.74, 6) is 0. The van der Waals surface area contributed by atoms with Crippen LogP contribution in [0.25, 0.3) is 0 Å². The van der Waals surface area contributed by atoms with E-state index in [1.165, 1.54) is 36.0 Å². The van der Waals surface area contributed by atoms with Crippen molar-refractivity contribution >= 4 is 0 Å². The van der Waals surface area contributed by atoms with Crippen LogP contribution in [0.5, 0.6) is 0 Å². The molecule has 0 fully saturated rings. The molecule has 1 aromatic rings. The first-order valence-electron chi connectivity index (χ1n) is 6.34. The van der Waals surface area contributed by atoms with Crippen molar-refractivity contribution in [2.45, 2.75) is 38.3 Å². The van der Waals surface area contributed by atoms with Crippen molar-refractivity contribution in [3.63, 3.8) is 0 Å². The molecule has 0 amide bonds. The molecule has 94 valence electrons. The Labute approximate surface area is 102 Å². The number of benzene rings is 1. The average Bonchev–Trinajstić information content (AvgIpc) is 2.82. The second-order valence-electron chi connectivity index (χ2n) is 4.85. The summed E-state index contributed by atoms with van der Waals surface area (Å²) in [6, 6.07) is 6.86. The van der Waals surface area contributed by atoms with E-state index in [2.05, 4.69) is 30.4 Å². The molecule has 2 unspecified atom stereocenters. The number of hydrogen-bond acceptors (Lipinski definition) is 3. The van der Waals surface area contributed by atoms with E-state index in [1.54, 1.807) is 0 Å². The number of aliphatic hydroxyl groups excluding tert-OH is 2. The molecule has 0 radical (unpaired) electrons. The van der Waals surface area contributed by atoms with Crippen LogP contribution in [0, 0.1) is 0 Å². The number of aryl methyl sites for hydroxylation is 2. The highest BCUT2D eigenvalue weighted by atomic mass is 16.3. The minimum Gasteiger partial charge on any atom is -0.394 e. The molecule has 0 aromatic heterocycles. The van der Waals surface area contributed by atoms with Crippen molar-refractivity contribution in [1.29, 1.82) is 0 Å². The van der Waals surface area contributed by atoms with Gasteiger partial charge in [-0.1, -0.05) is 18.2 Å². The largest absolute Gasteiger partial charge is 0.394 e. The van der Waals surface area contributed by atoms with Gasteiger partial charge in [0.2, 0.25) is 0 Å². The number of rotatable bonds is 5. The third-order valence-corrected chi connectivity index (χ3v) is 3.49. The van der Waals surface area contributed by atoms with Crippen LogP contribution < -0.4 is 5.32 Å². The van der Waals surface area contributed by atoms with Crippen molar-refractivity contribution in [1.82, 2.24) is 5.32 Å². The molecular weight excluding hydrogens is 214 g/mol. The normalized spacial score (nSPS) is 17.8. The molecule has 3 heteroatoms. The lowest BCUT2D eigenvalue weighted by Crippen LogP contribution is -2.31. The lowest BCUT2D eigenvalue weighted by Gasteiger charge is -2.17. The van der Waals surface area contributed by atoms with Gasteiger partial charge in [-0.15, -0.1) is 0 Å². The zero-order valence-corrected chi connectivity index (χ0v) is 10.3. The molecule has 2 rings (SSSR count). The second kappa shape index (κ2) is 5.63. The molecule has 0 saturated heterocycles. The van der Waals surface area contributed by atoms with Crippen LogP contribution in [0.2, 0.25) is 0 Å². The maximum absolute atomic E-state index is 9.30. The molecule has 0 heterocycles. The van der Waals surface area contributed by atoms with Gasteiger partial charge in [0.15, 0.2) is 0 Å². The average molecular weight is 235 g/mol. The van der Waals surface area contributed by atoms with Crippen LogP contribution in [0.3, 0.4) is 0 Å². The van der Waals surface area contributed by atoms with Gasteiger partial charge in [0, 0.05) is 12.6 Å². The quantitative estimate of drug-likeness (QED) is 0.718. The topological polar surface area (TPSA) is 52.5 Å². The zero-order chi connectivity index (χ0) is 12.3. The molecule has 17 heavy (non-hydrogen) atoms. The van der Waals surface area contributed by atoms with E-state index >= 15 is 0 Å². The van der Waals surface area contributed by atoms with E-state index in [4.69, 9.17) is 5.11 Å². The highest BCUT2D eigenvalue weighted by Crippen LogP contribution is 2.25. The summed E-state index contributed by atoms with van der Waals surface area (Å²) < 4.78 is 0. The maximum atomic E-state index is 9.30. The van der Waals surface area contributed by atoms with E-state index in [1.807, 2.05) is 0 Å². The fraction of sp³-hybridized carbons (Fsp3) is 0.571. The Morgan fingerprint density at radius 2 is 2.06 bits per heavy atom. The number of nitrogens with one attached hydrogen (secondary N) is 1. The van der Waals surface area contributed by atoms with Gasteiger partial charge in [-0.25, -0.2) is 0 Å². The van der Waals surface area contributed by atoms with Gasteiger partial charge in [-0.3, -0.25) is 0 Å². The first-order valence-corrected chi connectivity index (χ1v) is 6.34. The molecule has 3 N–H and O–H groups in total. The molecule has 3 nitrogen and oxygen atoms in total. The van der Waals surface area contributed by atoms with E-state index in [0.29, 0.717) is 6.54 Å². The van der Waals surface area contributed by atoms with Gasteiger partial charge in [-0.2, -0.15) is 0 Å². The molecule has 2 atom stereocenters. The Hall–Kier alpha value is -0.900. The Morgan fingerprint density at radius 3 is 2.82 bits per heavy atom. The fourth-order valence-electron chi connectivity index (χ4n) is 2.36. The Bertz CT molecular complexity index is 378. The van der Waals surface area contributed by atoms with Crippen molar-refractivity contribution in [3.05, 3.63) is 34.9 Å². The van der Waals surface area contributed by atoms with E-state index in [-0.39, 0.29) is 12.6 Å². The third kappa shape index (κ3) is 3.06. The molecule has 0 bridgehead atoms. The zero-order valence-electron chi connectivity index (χ0n) is 10.3. The SMILES string of the molecule is CC(NCC(O)CO)c1ccc2c(c1)CCC2. The molecule has 0 spiro atoms. The summed E-state index contributed by atoms with van der Waals surface area (Å²) in [5.41, 5.74) is 4.21. The number of fused-ring (bicyclic) bond motifs is 1. The van der Waals surface area contributed by atoms with E-state index in [0.717, 1.165) is 0 Å². The van der Waals surface area contributed by atoms with Gasteiger partial charge >= 0.3 is 0 Å². The highest BCUT2D eigenvalue weighted by molar-refractivity contribution is 5.36. The standard InChI is InChI=1S/C14H21NO2/c1-10(15-8-14(17)9-16)12-6-5-11-3-2-4-13(11)7-12/h5-7,10,14-17H,2-4,8-9H2,1H3. The van der Waals surface area contributed by atoms with Crippen LogP contribution in [0.4, 0.5) is 0 Å². The first-order chi connectivity index (χ1) is 8.20. The smallest absolute Gasteiger partial charge is 0.0895 e. The fourth-order valence-corrected chi connectivity index (χ4v) is 2.36. The molecule has 0 aliphatic heterocycles. The summed E-state index contributed by atoms with van der Waals surface area (Å²) in [6.45, 7) is 2.32. The monoisotopic (exact) mass is 235 g/mol. The maximum Gasteiger partial charge on any atom is 0.0895 e. The Kier molecular flexibility index (Phi) is 4.15. The summed E-state index contributed by atoms with van der Waals surface area (Å²) in [7, 11) is 0. The first kappa shape index (κ1) is 12.6. The van der Waals surface area contributed by atoms with Gasteiger partial charge in [0.1, 0.15) is 0 Å². The highest BCUT2D eigenvalue weighted by Gasteiger charge is 2.13. The number of hydrogen-bond donors (Lipinski definition) is 3. The Morgan fingerprint density at radius 1 is 1.29 bits per heavy atom. The minimum atomic E-state index is -0.674. The van der Waals surface area contributed by atoms with Crippen LogP contribution in [-0.2, 0) is 12.8 Å². The predicted molar refractivity (Wildman–Crippen MR) is 68.0 cm³/mol. The molecule has 1 aliphatic carbocycles. The van der Waals surface area contributed by atoms with Gasteiger partial charge in [0.25, 0.3) is 0 Å². The third-order valence-electron chi connectivity index (χ3n) is 3.49. The number of aliphatic hydroxyl groups is 2. The summed E-state index contributed by atoms with van der Waals surface area (Å²) >= 11 is 0. The van der Waals surface area contributed by atoms with Crippen molar-refractivity contribution in [2.75, 3.05) is 13.2 Å².